The van der Waals surface area contributed by atoms with Gasteiger partial charge in [-0.25, -0.2) is 4.98 Å². The molecule has 3 rings (SSSR count). The van der Waals surface area contributed by atoms with Crippen molar-refractivity contribution in [1.29, 1.82) is 0 Å². The molecule has 1 aliphatic heterocycles. The quantitative estimate of drug-likeness (QED) is 0.925. The summed E-state index contributed by atoms with van der Waals surface area (Å²) in [5, 5.41) is 3.28. The number of hydrogen-bond acceptors (Lipinski definition) is 3. The van der Waals surface area contributed by atoms with Crippen LogP contribution in [0.5, 0.6) is 0 Å². The first-order valence-corrected chi connectivity index (χ1v) is 7.25. The molecule has 0 aliphatic carbocycles. The highest BCUT2D eigenvalue weighted by atomic mass is 19.4. The van der Waals surface area contributed by atoms with E-state index in [1.807, 2.05) is 0 Å². The third kappa shape index (κ3) is 2.99. The highest BCUT2D eigenvalue weighted by molar-refractivity contribution is 5.41. The van der Waals surface area contributed by atoms with E-state index in [0.29, 0.717) is 22.4 Å². The molecule has 1 atom stereocenters. The van der Waals surface area contributed by atoms with Gasteiger partial charge >= 0.3 is 6.18 Å². The van der Waals surface area contributed by atoms with E-state index >= 15 is 0 Å². The zero-order valence-electron chi connectivity index (χ0n) is 11.9. The third-order valence-electron chi connectivity index (χ3n) is 3.93. The van der Waals surface area contributed by atoms with Gasteiger partial charge in [0.15, 0.2) is 0 Å². The number of fused-ring (bicyclic) bond motifs is 1. The largest absolute Gasteiger partial charge is 0.431 e. The lowest BCUT2D eigenvalue weighted by Gasteiger charge is -2.22. The summed E-state index contributed by atoms with van der Waals surface area (Å²) in [5.74, 6) is 0.369. The second kappa shape index (κ2) is 5.72. The van der Waals surface area contributed by atoms with E-state index in [9.17, 15) is 18.0 Å². The second-order valence-electron chi connectivity index (χ2n) is 5.60. The normalized spacial score (nSPS) is 19.5. The standard InChI is InChI=1S/C15H16F3N3O/c16-15(17,18)12-4-1-5-13-20-11(8-14(22)21(12)13)7-10-3-2-6-19-9-10/h1,4-5,8,10,19H,2-3,6-7,9H2. The van der Waals surface area contributed by atoms with Crippen LogP contribution in [0.15, 0.2) is 29.1 Å². The molecule has 2 aromatic heterocycles. The van der Waals surface area contributed by atoms with E-state index in [4.69, 9.17) is 0 Å². The third-order valence-corrected chi connectivity index (χ3v) is 3.93. The summed E-state index contributed by atoms with van der Waals surface area (Å²) in [6, 6.07) is 4.81. The van der Waals surface area contributed by atoms with Gasteiger partial charge in [-0.1, -0.05) is 6.07 Å². The van der Waals surface area contributed by atoms with E-state index in [1.54, 1.807) is 0 Å². The topological polar surface area (TPSA) is 46.4 Å². The van der Waals surface area contributed by atoms with Gasteiger partial charge < -0.3 is 5.32 Å². The van der Waals surface area contributed by atoms with Gasteiger partial charge in [0.1, 0.15) is 11.3 Å². The van der Waals surface area contributed by atoms with Crippen molar-refractivity contribution >= 4 is 5.65 Å². The van der Waals surface area contributed by atoms with Gasteiger partial charge in [-0.3, -0.25) is 9.20 Å². The molecule has 0 saturated carbocycles. The molecule has 4 nitrogen and oxygen atoms in total. The molecule has 1 saturated heterocycles. The smallest absolute Gasteiger partial charge is 0.316 e. The minimum atomic E-state index is -4.58. The lowest BCUT2D eigenvalue weighted by Crippen LogP contribution is -2.31. The Labute approximate surface area is 125 Å². The van der Waals surface area contributed by atoms with Crippen molar-refractivity contribution in [3.8, 4) is 0 Å². The fourth-order valence-corrected chi connectivity index (χ4v) is 2.92. The average molecular weight is 311 g/mol. The minimum absolute atomic E-state index is 0.0427. The second-order valence-corrected chi connectivity index (χ2v) is 5.60. The summed E-state index contributed by atoms with van der Waals surface area (Å²) in [4.78, 5) is 16.4. The van der Waals surface area contributed by atoms with Crippen LogP contribution in [0.4, 0.5) is 13.2 Å². The van der Waals surface area contributed by atoms with Crippen LogP contribution in [-0.2, 0) is 12.6 Å². The number of nitrogens with zero attached hydrogens (tertiary/aromatic N) is 2. The number of pyridine rings is 1. The minimum Gasteiger partial charge on any atom is -0.316 e. The van der Waals surface area contributed by atoms with Gasteiger partial charge in [0.2, 0.25) is 0 Å². The van der Waals surface area contributed by atoms with Gasteiger partial charge in [-0.15, -0.1) is 0 Å². The molecular weight excluding hydrogens is 295 g/mol. The lowest BCUT2D eigenvalue weighted by molar-refractivity contribution is -0.142. The Morgan fingerprint density at radius 3 is 2.86 bits per heavy atom. The van der Waals surface area contributed by atoms with Crippen LogP contribution in [0.3, 0.4) is 0 Å². The molecule has 0 bridgehead atoms. The molecule has 0 radical (unpaired) electrons. The number of nitrogens with one attached hydrogen (secondary N) is 1. The number of aromatic nitrogens is 2. The van der Waals surface area contributed by atoms with Crippen molar-refractivity contribution in [1.82, 2.24) is 14.7 Å². The first kappa shape index (κ1) is 15.0. The van der Waals surface area contributed by atoms with Gasteiger partial charge in [0.05, 0.1) is 0 Å². The fourth-order valence-electron chi connectivity index (χ4n) is 2.92. The monoisotopic (exact) mass is 311 g/mol. The molecule has 0 aromatic carbocycles. The van der Waals surface area contributed by atoms with Crippen molar-refractivity contribution in [2.75, 3.05) is 13.1 Å². The van der Waals surface area contributed by atoms with Crippen LogP contribution in [-0.4, -0.2) is 22.5 Å². The van der Waals surface area contributed by atoms with E-state index in [2.05, 4.69) is 10.3 Å². The van der Waals surface area contributed by atoms with E-state index in [-0.39, 0.29) is 5.65 Å². The van der Waals surface area contributed by atoms with Crippen molar-refractivity contribution in [3.05, 3.63) is 46.0 Å². The Kier molecular flexibility index (Phi) is 3.90. The van der Waals surface area contributed by atoms with Gasteiger partial charge in [-0.2, -0.15) is 13.2 Å². The Balaban J connectivity index is 2.01. The molecule has 1 N–H and O–H groups in total. The summed E-state index contributed by atoms with van der Waals surface area (Å²) >= 11 is 0. The molecular formula is C15H16F3N3O. The van der Waals surface area contributed by atoms with Crippen LogP contribution in [0.2, 0.25) is 0 Å². The predicted octanol–water partition coefficient (Wildman–Crippen LogP) is 2.26. The van der Waals surface area contributed by atoms with Crippen molar-refractivity contribution in [3.63, 3.8) is 0 Å². The molecule has 3 heterocycles. The van der Waals surface area contributed by atoms with Gasteiger partial charge in [-0.05, 0) is 50.4 Å². The summed E-state index contributed by atoms with van der Waals surface area (Å²) in [7, 11) is 0. The zero-order valence-corrected chi connectivity index (χ0v) is 11.9. The van der Waals surface area contributed by atoms with E-state index in [0.717, 1.165) is 32.0 Å². The first-order valence-electron chi connectivity index (χ1n) is 7.25. The summed E-state index contributed by atoms with van der Waals surface area (Å²) < 4.78 is 39.6. The zero-order chi connectivity index (χ0) is 15.7. The summed E-state index contributed by atoms with van der Waals surface area (Å²) in [6.07, 6.45) is -1.87. The van der Waals surface area contributed by atoms with Crippen molar-refractivity contribution in [2.24, 2.45) is 5.92 Å². The maximum absolute atomic E-state index is 13.0. The lowest BCUT2D eigenvalue weighted by atomic mass is 9.94. The number of hydrogen-bond donors (Lipinski definition) is 1. The SMILES string of the molecule is O=c1cc(CC2CCCNC2)nc2cccc(C(F)(F)F)n12. The molecule has 2 aromatic rings. The number of rotatable bonds is 2. The highest BCUT2D eigenvalue weighted by Crippen LogP contribution is 2.28. The van der Waals surface area contributed by atoms with Crippen LogP contribution in [0.25, 0.3) is 5.65 Å². The predicted molar refractivity (Wildman–Crippen MR) is 75.8 cm³/mol. The van der Waals surface area contributed by atoms with Crippen molar-refractivity contribution < 1.29 is 13.2 Å². The van der Waals surface area contributed by atoms with E-state index < -0.39 is 17.4 Å². The average Bonchev–Trinajstić information content (AvgIpc) is 2.46. The number of piperidine rings is 1. The van der Waals surface area contributed by atoms with Crippen LogP contribution < -0.4 is 10.9 Å². The summed E-state index contributed by atoms with van der Waals surface area (Å²) in [6.45, 7) is 1.84. The van der Waals surface area contributed by atoms with Crippen LogP contribution in [0, 0.1) is 5.92 Å². The number of halogens is 3. The number of alkyl halides is 3. The van der Waals surface area contributed by atoms with Crippen molar-refractivity contribution in [2.45, 2.75) is 25.4 Å². The molecule has 1 unspecified atom stereocenters. The van der Waals surface area contributed by atoms with Crippen LogP contribution in [0.1, 0.15) is 24.2 Å². The highest BCUT2D eigenvalue weighted by Gasteiger charge is 2.33. The maximum atomic E-state index is 13.0. The first-order chi connectivity index (χ1) is 10.4. The van der Waals surface area contributed by atoms with Gasteiger partial charge in [0, 0.05) is 11.8 Å². The Hall–Kier alpha value is -1.89. The molecule has 0 spiro atoms. The fraction of sp³-hybridized carbons (Fsp3) is 0.467. The molecule has 118 valence electrons. The Bertz CT molecular complexity index is 733. The molecule has 1 fully saturated rings. The maximum Gasteiger partial charge on any atom is 0.431 e. The molecule has 1 aliphatic rings. The van der Waals surface area contributed by atoms with Gasteiger partial charge in [0.25, 0.3) is 5.56 Å². The Morgan fingerprint density at radius 2 is 2.18 bits per heavy atom. The molecule has 0 amide bonds. The Morgan fingerprint density at radius 1 is 1.36 bits per heavy atom. The summed E-state index contributed by atoms with van der Waals surface area (Å²) in [5.41, 5.74) is -1.08. The van der Waals surface area contributed by atoms with E-state index in [1.165, 1.54) is 18.2 Å². The van der Waals surface area contributed by atoms with Crippen LogP contribution >= 0.6 is 0 Å². The molecule has 22 heavy (non-hydrogen) atoms. The molecule has 7 heteroatoms.